The lowest BCUT2D eigenvalue weighted by Crippen LogP contribution is -2.31. The first-order valence-corrected chi connectivity index (χ1v) is 3.53. The van der Waals surface area contributed by atoms with Crippen molar-refractivity contribution >= 4 is 17.5 Å². The fourth-order valence-electron chi connectivity index (χ4n) is 0.647. The smallest absolute Gasteiger partial charge is 0.393 e. The third kappa shape index (κ3) is 2.69. The third-order valence-corrected chi connectivity index (χ3v) is 1.32. The van der Waals surface area contributed by atoms with Crippen LogP contribution in [0.2, 0.25) is 0 Å². The van der Waals surface area contributed by atoms with Gasteiger partial charge in [0.2, 0.25) is 5.95 Å². The van der Waals surface area contributed by atoms with Crippen molar-refractivity contribution < 1.29 is 18.0 Å². The van der Waals surface area contributed by atoms with Crippen molar-refractivity contribution in [2.24, 2.45) is 0 Å². The topological polar surface area (TPSA) is 101 Å². The molecule has 4 N–H and O–H groups in total. The van der Waals surface area contributed by atoms with Gasteiger partial charge in [0.1, 0.15) is 5.69 Å². The molecule has 0 aliphatic rings. The molecule has 1 aromatic rings. The summed E-state index contributed by atoms with van der Waals surface area (Å²) in [4.78, 5) is 26.4. The van der Waals surface area contributed by atoms with Gasteiger partial charge in [0.25, 0.3) is 5.56 Å². The third-order valence-electron chi connectivity index (χ3n) is 1.32. The Labute approximate surface area is 80.3 Å². The minimum atomic E-state index is -5.04. The number of nitrogens with zero attached hydrogens (tertiary/aromatic N) is 1. The Morgan fingerprint density at radius 2 is 2.13 bits per heavy atom. The number of carbonyl (C=O) groups excluding carboxylic acids is 1. The minimum absolute atomic E-state index is 0.264. The van der Waals surface area contributed by atoms with Crippen LogP contribution in [0.4, 0.5) is 24.8 Å². The molecule has 9 heteroatoms. The number of carbonyl (C=O) groups is 1. The summed E-state index contributed by atoms with van der Waals surface area (Å²) >= 11 is 0. The number of nitrogen functional groups attached to an aromatic ring is 1. The van der Waals surface area contributed by atoms with Crippen LogP contribution in [0.15, 0.2) is 11.0 Å². The molecule has 0 aliphatic carbocycles. The summed E-state index contributed by atoms with van der Waals surface area (Å²) in [6.07, 6.45) is -4.20. The summed E-state index contributed by atoms with van der Waals surface area (Å²) in [5.41, 5.74) is 3.97. The van der Waals surface area contributed by atoms with Crippen LogP contribution in [0, 0.1) is 0 Å². The lowest BCUT2D eigenvalue weighted by atomic mass is 10.5. The van der Waals surface area contributed by atoms with Crippen LogP contribution < -0.4 is 16.6 Å². The zero-order valence-corrected chi connectivity index (χ0v) is 7.05. The fraction of sp³-hybridized carbons (Fsp3) is 0.167. The van der Waals surface area contributed by atoms with Crippen molar-refractivity contribution in [1.29, 1.82) is 0 Å². The molecule has 1 aromatic heterocycles. The van der Waals surface area contributed by atoms with Gasteiger partial charge in [0.15, 0.2) is 0 Å². The first kappa shape index (κ1) is 11.0. The van der Waals surface area contributed by atoms with Gasteiger partial charge in [-0.05, 0) is 0 Å². The standard InChI is InChI=1S/C6H5F3N4O2/c7-6(8,9)4(15)13-5-11-1-2(10)3(14)12-5/h1H,10H2,(H2,11,12,13,14,15). The normalized spacial score (nSPS) is 11.1. The van der Waals surface area contributed by atoms with Crippen LogP contribution in [0.25, 0.3) is 0 Å². The average molecular weight is 222 g/mol. The van der Waals surface area contributed by atoms with E-state index in [-0.39, 0.29) is 5.69 Å². The van der Waals surface area contributed by atoms with E-state index in [1.807, 2.05) is 4.98 Å². The summed E-state index contributed by atoms with van der Waals surface area (Å²) in [6.45, 7) is 0. The molecular formula is C6H5F3N4O2. The van der Waals surface area contributed by atoms with Gasteiger partial charge in [-0.1, -0.05) is 0 Å². The molecule has 1 amide bonds. The summed E-state index contributed by atoms with van der Waals surface area (Å²) in [7, 11) is 0. The van der Waals surface area contributed by atoms with E-state index in [0.29, 0.717) is 0 Å². The number of anilines is 2. The van der Waals surface area contributed by atoms with E-state index in [4.69, 9.17) is 5.73 Å². The van der Waals surface area contributed by atoms with Gasteiger partial charge in [0.05, 0.1) is 6.20 Å². The van der Waals surface area contributed by atoms with Crippen LogP contribution in [0.3, 0.4) is 0 Å². The highest BCUT2D eigenvalue weighted by Gasteiger charge is 2.39. The monoisotopic (exact) mass is 222 g/mol. The molecule has 0 unspecified atom stereocenters. The molecule has 0 saturated carbocycles. The van der Waals surface area contributed by atoms with Gasteiger partial charge in [-0.25, -0.2) is 4.98 Å². The number of hydrogen-bond acceptors (Lipinski definition) is 4. The summed E-state index contributed by atoms with van der Waals surface area (Å²) in [5.74, 6) is -2.84. The number of nitrogens with one attached hydrogen (secondary N) is 2. The molecule has 0 spiro atoms. The van der Waals surface area contributed by atoms with Crippen molar-refractivity contribution in [3.05, 3.63) is 16.6 Å². The number of halogens is 3. The second kappa shape index (κ2) is 3.59. The Morgan fingerprint density at radius 3 is 2.60 bits per heavy atom. The second-order valence-corrected chi connectivity index (χ2v) is 2.47. The number of aromatic nitrogens is 2. The molecule has 0 atom stereocenters. The van der Waals surface area contributed by atoms with Crippen LogP contribution >= 0.6 is 0 Å². The number of alkyl halides is 3. The van der Waals surface area contributed by atoms with Crippen LogP contribution in [0.5, 0.6) is 0 Å². The van der Waals surface area contributed by atoms with E-state index in [1.54, 1.807) is 0 Å². The van der Waals surface area contributed by atoms with Crippen molar-refractivity contribution in [3.63, 3.8) is 0 Å². The first-order chi connectivity index (χ1) is 6.80. The Bertz CT molecular complexity index is 439. The number of amides is 1. The molecule has 0 radical (unpaired) electrons. The minimum Gasteiger partial charge on any atom is -0.393 e. The Morgan fingerprint density at radius 1 is 1.53 bits per heavy atom. The molecule has 1 rings (SSSR count). The first-order valence-electron chi connectivity index (χ1n) is 3.53. The Kier molecular flexibility index (Phi) is 2.64. The van der Waals surface area contributed by atoms with E-state index in [1.165, 1.54) is 5.32 Å². The molecule has 82 valence electrons. The van der Waals surface area contributed by atoms with Gasteiger partial charge in [-0.3, -0.25) is 19.9 Å². The van der Waals surface area contributed by atoms with E-state index < -0.39 is 23.6 Å². The molecule has 15 heavy (non-hydrogen) atoms. The molecule has 0 bridgehead atoms. The number of nitrogens with two attached hydrogens (primary N) is 1. The summed E-state index contributed by atoms with van der Waals surface area (Å²) < 4.78 is 35.3. The van der Waals surface area contributed by atoms with Crippen LogP contribution in [0.1, 0.15) is 0 Å². The molecule has 0 saturated heterocycles. The predicted octanol–water partition coefficient (Wildman–Crippen LogP) is -0.147. The number of H-pyrrole nitrogens is 1. The molecule has 6 nitrogen and oxygen atoms in total. The zero-order chi connectivity index (χ0) is 11.6. The van der Waals surface area contributed by atoms with Gasteiger partial charge >= 0.3 is 12.1 Å². The second-order valence-electron chi connectivity index (χ2n) is 2.47. The highest BCUT2D eigenvalue weighted by molar-refractivity contribution is 5.93. The quantitative estimate of drug-likeness (QED) is 0.615. The van der Waals surface area contributed by atoms with E-state index in [9.17, 15) is 22.8 Å². The fourth-order valence-corrected chi connectivity index (χ4v) is 0.647. The maximum Gasteiger partial charge on any atom is 0.471 e. The highest BCUT2D eigenvalue weighted by Crippen LogP contribution is 2.16. The summed E-state index contributed by atoms with van der Waals surface area (Å²) in [5, 5.41) is 1.36. The largest absolute Gasteiger partial charge is 0.471 e. The summed E-state index contributed by atoms with van der Waals surface area (Å²) in [6, 6.07) is 0. The molecule has 0 aromatic carbocycles. The van der Waals surface area contributed by atoms with Gasteiger partial charge < -0.3 is 5.73 Å². The molecule has 0 aliphatic heterocycles. The number of hydrogen-bond donors (Lipinski definition) is 3. The molecule has 0 fully saturated rings. The Balaban J connectivity index is 2.87. The van der Waals surface area contributed by atoms with E-state index >= 15 is 0 Å². The van der Waals surface area contributed by atoms with Gasteiger partial charge in [-0.15, -0.1) is 0 Å². The molecule has 1 heterocycles. The van der Waals surface area contributed by atoms with Crippen LogP contribution in [-0.4, -0.2) is 22.1 Å². The zero-order valence-electron chi connectivity index (χ0n) is 7.05. The van der Waals surface area contributed by atoms with Gasteiger partial charge in [-0.2, -0.15) is 13.2 Å². The lowest BCUT2D eigenvalue weighted by molar-refractivity contribution is -0.167. The van der Waals surface area contributed by atoms with E-state index in [0.717, 1.165) is 6.20 Å². The van der Waals surface area contributed by atoms with Crippen molar-refractivity contribution in [2.45, 2.75) is 6.18 Å². The number of aromatic amines is 1. The number of rotatable bonds is 1. The van der Waals surface area contributed by atoms with Gasteiger partial charge in [0, 0.05) is 0 Å². The Hall–Kier alpha value is -2.06. The maximum absolute atomic E-state index is 11.8. The average Bonchev–Trinajstić information content (AvgIpc) is 2.10. The lowest BCUT2D eigenvalue weighted by Gasteiger charge is -2.06. The molecular weight excluding hydrogens is 217 g/mol. The van der Waals surface area contributed by atoms with Crippen molar-refractivity contribution in [1.82, 2.24) is 9.97 Å². The van der Waals surface area contributed by atoms with Crippen molar-refractivity contribution in [3.8, 4) is 0 Å². The van der Waals surface area contributed by atoms with E-state index in [2.05, 4.69) is 4.98 Å². The SMILES string of the molecule is Nc1cnc(NC(=O)C(F)(F)F)[nH]c1=O. The van der Waals surface area contributed by atoms with Crippen molar-refractivity contribution in [2.75, 3.05) is 11.1 Å². The predicted molar refractivity (Wildman–Crippen MR) is 44.0 cm³/mol. The maximum atomic E-state index is 11.8. The van der Waals surface area contributed by atoms with Crippen LogP contribution in [-0.2, 0) is 4.79 Å². The highest BCUT2D eigenvalue weighted by atomic mass is 19.4.